The lowest BCUT2D eigenvalue weighted by Crippen LogP contribution is -2.25. The second kappa shape index (κ2) is 8.18. The van der Waals surface area contributed by atoms with Crippen molar-refractivity contribution in [2.75, 3.05) is 9.80 Å². The standard InChI is InChI=1S/C27H17Br2N3O2/c28-17-6-10-19(11-7-17)31-14-21-23(16-4-2-1-3-5-16)22-15-32(20-12-8-18(29)9-13-20)27(34)25(22)30-24(21)26(31)33/h1-13H,14-15H2. The maximum absolute atomic E-state index is 13.5. The minimum Gasteiger partial charge on any atom is -0.302 e. The molecule has 0 unspecified atom stereocenters. The van der Waals surface area contributed by atoms with Gasteiger partial charge in [-0.25, -0.2) is 4.98 Å². The van der Waals surface area contributed by atoms with Crippen LogP contribution in [0.2, 0.25) is 0 Å². The summed E-state index contributed by atoms with van der Waals surface area (Å²) in [6, 6.07) is 25.2. The first-order chi connectivity index (χ1) is 16.5. The van der Waals surface area contributed by atoms with Gasteiger partial charge in [0, 0.05) is 31.4 Å². The van der Waals surface area contributed by atoms with Crippen molar-refractivity contribution in [3.8, 4) is 11.1 Å². The predicted octanol–water partition coefficient (Wildman–Crippen LogP) is 6.59. The number of fused-ring (bicyclic) bond motifs is 2. The number of carbonyl (C=O) groups excluding carboxylic acids is 2. The van der Waals surface area contributed by atoms with Crippen LogP contribution in [0, 0.1) is 0 Å². The fourth-order valence-electron chi connectivity index (χ4n) is 4.66. The van der Waals surface area contributed by atoms with E-state index in [1.54, 1.807) is 9.80 Å². The molecule has 34 heavy (non-hydrogen) atoms. The number of aromatic nitrogens is 1. The first-order valence-electron chi connectivity index (χ1n) is 10.8. The van der Waals surface area contributed by atoms with Gasteiger partial charge in [-0.2, -0.15) is 0 Å². The van der Waals surface area contributed by atoms with Crippen molar-refractivity contribution in [3.63, 3.8) is 0 Å². The molecule has 0 saturated heterocycles. The van der Waals surface area contributed by atoms with Crippen LogP contribution in [-0.4, -0.2) is 16.8 Å². The number of amides is 2. The Morgan fingerprint density at radius 1 is 0.618 bits per heavy atom. The largest absolute Gasteiger partial charge is 0.302 e. The molecule has 6 rings (SSSR count). The normalized spacial score (nSPS) is 14.5. The summed E-state index contributed by atoms with van der Waals surface area (Å²) in [6.45, 7) is 0.819. The third-order valence-electron chi connectivity index (χ3n) is 6.27. The zero-order valence-electron chi connectivity index (χ0n) is 17.8. The minimum absolute atomic E-state index is 0.188. The molecule has 0 aliphatic carbocycles. The van der Waals surface area contributed by atoms with Crippen LogP contribution in [0.3, 0.4) is 0 Å². The summed E-state index contributed by atoms with van der Waals surface area (Å²) >= 11 is 6.90. The Bertz CT molecular complexity index is 1360. The molecule has 0 atom stereocenters. The average Bonchev–Trinajstić information content (AvgIpc) is 3.36. The molecule has 0 bridgehead atoms. The Morgan fingerprint density at radius 3 is 1.50 bits per heavy atom. The number of hydrogen-bond donors (Lipinski definition) is 0. The van der Waals surface area contributed by atoms with Crippen LogP contribution >= 0.6 is 31.9 Å². The van der Waals surface area contributed by atoms with E-state index in [0.717, 1.165) is 42.6 Å². The number of rotatable bonds is 3. The predicted molar refractivity (Wildman–Crippen MR) is 139 cm³/mol. The van der Waals surface area contributed by atoms with Crippen LogP contribution in [0.25, 0.3) is 11.1 Å². The van der Waals surface area contributed by atoms with Crippen molar-refractivity contribution in [2.24, 2.45) is 0 Å². The summed E-state index contributed by atoms with van der Waals surface area (Å²) in [5.74, 6) is -0.376. The highest BCUT2D eigenvalue weighted by atomic mass is 79.9. The van der Waals surface area contributed by atoms with E-state index in [-0.39, 0.29) is 11.8 Å². The molecule has 3 heterocycles. The first kappa shape index (κ1) is 21.3. The summed E-state index contributed by atoms with van der Waals surface area (Å²) in [7, 11) is 0. The van der Waals surface area contributed by atoms with Gasteiger partial charge in [0.2, 0.25) is 0 Å². The van der Waals surface area contributed by atoms with Crippen molar-refractivity contribution in [2.45, 2.75) is 13.1 Å². The quantitative estimate of drug-likeness (QED) is 0.277. The highest BCUT2D eigenvalue weighted by Crippen LogP contribution is 2.41. The van der Waals surface area contributed by atoms with Gasteiger partial charge in [0.1, 0.15) is 11.4 Å². The first-order valence-corrected chi connectivity index (χ1v) is 12.4. The SMILES string of the molecule is O=C1c2nc3c(c(-c4ccccc4)c2CN1c1ccc(Br)cc1)CN(c1ccc(Br)cc1)C3=O. The summed E-state index contributed by atoms with van der Waals surface area (Å²) in [6.07, 6.45) is 0. The van der Waals surface area contributed by atoms with Gasteiger partial charge in [-0.3, -0.25) is 9.59 Å². The fourth-order valence-corrected chi connectivity index (χ4v) is 5.18. The molecule has 0 spiro atoms. The van der Waals surface area contributed by atoms with Crippen molar-refractivity contribution < 1.29 is 9.59 Å². The molecule has 0 saturated carbocycles. The van der Waals surface area contributed by atoms with E-state index in [2.05, 4.69) is 36.8 Å². The molecule has 4 aromatic rings. The van der Waals surface area contributed by atoms with Crippen LogP contribution in [0.5, 0.6) is 0 Å². The smallest absolute Gasteiger partial charge is 0.277 e. The molecule has 3 aromatic carbocycles. The Hall–Kier alpha value is -3.29. The number of nitrogens with zero attached hydrogens (tertiary/aromatic N) is 3. The topological polar surface area (TPSA) is 53.5 Å². The number of benzene rings is 3. The van der Waals surface area contributed by atoms with E-state index in [1.807, 2.05) is 78.9 Å². The van der Waals surface area contributed by atoms with E-state index < -0.39 is 0 Å². The molecule has 0 radical (unpaired) electrons. The second-order valence-corrected chi connectivity index (χ2v) is 10.1. The molecular formula is C27H17Br2N3O2. The van der Waals surface area contributed by atoms with Gasteiger partial charge in [-0.15, -0.1) is 0 Å². The highest BCUT2D eigenvalue weighted by Gasteiger charge is 2.40. The Balaban J connectivity index is 1.50. The van der Waals surface area contributed by atoms with Gasteiger partial charge in [-0.05, 0) is 59.7 Å². The van der Waals surface area contributed by atoms with Crippen LogP contribution in [-0.2, 0) is 13.1 Å². The fraction of sp³-hybridized carbons (Fsp3) is 0.0741. The van der Waals surface area contributed by atoms with Crippen molar-refractivity contribution in [3.05, 3.63) is 110 Å². The van der Waals surface area contributed by atoms with Gasteiger partial charge in [0.15, 0.2) is 0 Å². The van der Waals surface area contributed by atoms with E-state index in [1.165, 1.54) is 0 Å². The maximum atomic E-state index is 13.5. The summed E-state index contributed by atoms with van der Waals surface area (Å²) < 4.78 is 1.89. The van der Waals surface area contributed by atoms with Crippen LogP contribution < -0.4 is 9.80 Å². The van der Waals surface area contributed by atoms with Crippen LogP contribution in [0.15, 0.2) is 87.8 Å². The Kier molecular flexibility index (Phi) is 5.12. The molecule has 2 amide bonds. The number of hydrogen-bond acceptors (Lipinski definition) is 3. The molecule has 0 fully saturated rings. The van der Waals surface area contributed by atoms with Gasteiger partial charge in [0.05, 0.1) is 13.1 Å². The number of carbonyl (C=O) groups is 2. The summed E-state index contributed by atoms with van der Waals surface area (Å²) in [4.78, 5) is 35.1. The summed E-state index contributed by atoms with van der Waals surface area (Å²) in [5.41, 5.74) is 5.95. The zero-order chi connectivity index (χ0) is 23.4. The van der Waals surface area contributed by atoms with Crippen molar-refractivity contribution >= 4 is 55.0 Å². The van der Waals surface area contributed by atoms with Crippen LogP contribution in [0.1, 0.15) is 32.1 Å². The van der Waals surface area contributed by atoms with Gasteiger partial charge in [0.25, 0.3) is 11.8 Å². The third-order valence-corrected chi connectivity index (χ3v) is 7.32. The number of pyridine rings is 1. The Labute approximate surface area is 213 Å². The van der Waals surface area contributed by atoms with Gasteiger partial charge >= 0.3 is 0 Å². The molecule has 2 aliphatic rings. The third kappa shape index (κ3) is 3.38. The molecular weight excluding hydrogens is 558 g/mol. The second-order valence-electron chi connectivity index (χ2n) is 8.24. The minimum atomic E-state index is -0.188. The lowest BCUT2D eigenvalue weighted by molar-refractivity contribution is 0.0990. The number of halogens is 2. The Morgan fingerprint density at radius 2 is 1.06 bits per heavy atom. The maximum Gasteiger partial charge on any atom is 0.277 e. The van der Waals surface area contributed by atoms with E-state index in [9.17, 15) is 9.59 Å². The van der Waals surface area contributed by atoms with Crippen molar-refractivity contribution in [1.29, 1.82) is 0 Å². The van der Waals surface area contributed by atoms with Crippen LogP contribution in [0.4, 0.5) is 11.4 Å². The highest BCUT2D eigenvalue weighted by molar-refractivity contribution is 9.10. The number of anilines is 2. The van der Waals surface area contributed by atoms with E-state index >= 15 is 0 Å². The lowest BCUT2D eigenvalue weighted by atomic mass is 9.94. The zero-order valence-corrected chi connectivity index (χ0v) is 21.0. The van der Waals surface area contributed by atoms with E-state index in [0.29, 0.717) is 24.5 Å². The van der Waals surface area contributed by atoms with E-state index in [4.69, 9.17) is 0 Å². The van der Waals surface area contributed by atoms with Gasteiger partial charge in [-0.1, -0.05) is 62.2 Å². The monoisotopic (exact) mass is 573 g/mol. The molecule has 166 valence electrons. The molecule has 5 nitrogen and oxygen atoms in total. The lowest BCUT2D eigenvalue weighted by Gasteiger charge is -2.17. The average molecular weight is 575 g/mol. The molecule has 0 N–H and O–H groups in total. The molecule has 7 heteroatoms. The molecule has 2 aliphatic heterocycles. The van der Waals surface area contributed by atoms with Crippen molar-refractivity contribution in [1.82, 2.24) is 4.98 Å². The summed E-state index contributed by atoms with van der Waals surface area (Å²) in [5, 5.41) is 0. The molecule has 1 aromatic heterocycles. The van der Waals surface area contributed by atoms with Gasteiger partial charge < -0.3 is 9.80 Å².